The minimum absolute atomic E-state index is 0.0152. The van der Waals surface area contributed by atoms with Crippen molar-refractivity contribution in [3.8, 4) is 0 Å². The van der Waals surface area contributed by atoms with Crippen LogP contribution in [-0.2, 0) is 20.7 Å². The number of nitrogens with two attached hydrogens (primary N) is 1. The monoisotopic (exact) mass is 400 g/mol. The molecule has 2 aromatic heterocycles. The Bertz CT molecular complexity index is 1070. The third-order valence-electron chi connectivity index (χ3n) is 4.45. The van der Waals surface area contributed by atoms with E-state index in [1.54, 1.807) is 5.38 Å². The lowest BCUT2D eigenvalue weighted by molar-refractivity contribution is -0.152. The Kier molecular flexibility index (Phi) is 5.51. The number of rotatable bonds is 6. The van der Waals surface area contributed by atoms with Crippen LogP contribution in [0.15, 0.2) is 34.3 Å². The van der Waals surface area contributed by atoms with Crippen LogP contribution in [0.25, 0.3) is 11.0 Å². The van der Waals surface area contributed by atoms with Crippen LogP contribution in [0.2, 0.25) is 0 Å². The van der Waals surface area contributed by atoms with Crippen molar-refractivity contribution in [1.29, 1.82) is 0 Å². The van der Waals surface area contributed by atoms with Gasteiger partial charge in [0.15, 0.2) is 6.10 Å². The Balaban J connectivity index is 1.64. The second-order valence-corrected chi connectivity index (χ2v) is 7.44. The van der Waals surface area contributed by atoms with Gasteiger partial charge >= 0.3 is 5.97 Å². The van der Waals surface area contributed by atoms with Crippen molar-refractivity contribution in [3.63, 3.8) is 0 Å². The maximum absolute atomic E-state index is 12.3. The molecule has 1 unspecified atom stereocenters. The van der Waals surface area contributed by atoms with Crippen LogP contribution in [0.4, 0.5) is 5.00 Å². The number of esters is 1. The topological polar surface area (TPSA) is 112 Å². The summed E-state index contributed by atoms with van der Waals surface area (Å²) in [4.78, 5) is 35.9. The number of amides is 2. The van der Waals surface area contributed by atoms with Gasteiger partial charge in [-0.2, -0.15) is 0 Å². The van der Waals surface area contributed by atoms with Crippen molar-refractivity contribution in [2.45, 2.75) is 33.3 Å². The highest BCUT2D eigenvalue weighted by molar-refractivity contribution is 7.14. The number of hydrogen-bond donors (Lipinski definition) is 2. The number of benzene rings is 1. The van der Waals surface area contributed by atoms with Crippen LogP contribution < -0.4 is 11.1 Å². The molecule has 0 radical (unpaired) electrons. The number of ether oxygens (including phenoxy) is 1. The number of thiophene rings is 1. The van der Waals surface area contributed by atoms with Gasteiger partial charge in [0, 0.05) is 10.9 Å². The van der Waals surface area contributed by atoms with Crippen molar-refractivity contribution < 1.29 is 23.5 Å². The third kappa shape index (κ3) is 4.07. The number of furan rings is 1. The smallest absolute Gasteiger partial charge is 0.311 e. The molecule has 7 nitrogen and oxygen atoms in total. The largest absolute Gasteiger partial charge is 0.464 e. The predicted molar refractivity (Wildman–Crippen MR) is 106 cm³/mol. The molecule has 3 aromatic rings. The van der Waals surface area contributed by atoms with Gasteiger partial charge < -0.3 is 20.2 Å². The molecule has 3 rings (SSSR count). The Hall–Kier alpha value is -3.13. The van der Waals surface area contributed by atoms with Crippen LogP contribution >= 0.6 is 11.3 Å². The molecule has 0 bridgehead atoms. The molecular weight excluding hydrogens is 380 g/mol. The zero-order chi connectivity index (χ0) is 20.4. The maximum Gasteiger partial charge on any atom is 0.311 e. The molecule has 146 valence electrons. The van der Waals surface area contributed by atoms with Gasteiger partial charge in [0.05, 0.1) is 18.2 Å². The van der Waals surface area contributed by atoms with Gasteiger partial charge in [0.1, 0.15) is 10.6 Å². The van der Waals surface area contributed by atoms with E-state index in [4.69, 9.17) is 14.9 Å². The van der Waals surface area contributed by atoms with Crippen LogP contribution in [-0.4, -0.2) is 23.9 Å². The zero-order valence-electron chi connectivity index (χ0n) is 15.7. The Morgan fingerprint density at radius 3 is 2.68 bits per heavy atom. The number of fused-ring (bicyclic) bond motifs is 1. The van der Waals surface area contributed by atoms with Gasteiger partial charge in [-0.3, -0.25) is 14.4 Å². The van der Waals surface area contributed by atoms with Gasteiger partial charge in [-0.25, -0.2) is 0 Å². The summed E-state index contributed by atoms with van der Waals surface area (Å²) in [5.74, 6) is -1.73. The van der Waals surface area contributed by atoms with E-state index in [0.717, 1.165) is 27.8 Å². The second kappa shape index (κ2) is 7.85. The third-order valence-corrected chi connectivity index (χ3v) is 5.28. The normalized spacial score (nSPS) is 12.0. The summed E-state index contributed by atoms with van der Waals surface area (Å²) in [6.45, 7) is 5.44. The lowest BCUT2D eigenvalue weighted by Crippen LogP contribution is -2.30. The minimum Gasteiger partial charge on any atom is -0.464 e. The summed E-state index contributed by atoms with van der Waals surface area (Å²) >= 11 is 1.16. The molecule has 3 N–H and O–H groups in total. The number of carbonyl (C=O) groups is 3. The molecule has 0 saturated heterocycles. The molecule has 0 aliphatic carbocycles. The predicted octanol–water partition coefficient (Wildman–Crippen LogP) is 3.32. The second-order valence-electron chi connectivity index (χ2n) is 6.52. The highest BCUT2D eigenvalue weighted by atomic mass is 32.1. The molecule has 1 aromatic carbocycles. The van der Waals surface area contributed by atoms with E-state index in [9.17, 15) is 14.4 Å². The van der Waals surface area contributed by atoms with Crippen molar-refractivity contribution in [2.75, 3.05) is 5.32 Å². The summed E-state index contributed by atoms with van der Waals surface area (Å²) in [5, 5.41) is 5.38. The average molecular weight is 400 g/mol. The molecule has 1 atom stereocenters. The molecule has 2 amide bonds. The lowest BCUT2D eigenvalue weighted by atomic mass is 10.0. The molecule has 8 heteroatoms. The first kappa shape index (κ1) is 19.6. The van der Waals surface area contributed by atoms with E-state index >= 15 is 0 Å². The van der Waals surface area contributed by atoms with E-state index in [1.165, 1.54) is 19.3 Å². The fourth-order valence-corrected chi connectivity index (χ4v) is 3.53. The fourth-order valence-electron chi connectivity index (χ4n) is 2.73. The average Bonchev–Trinajstić information content (AvgIpc) is 3.23. The van der Waals surface area contributed by atoms with Crippen molar-refractivity contribution in [1.82, 2.24) is 0 Å². The van der Waals surface area contributed by atoms with Crippen molar-refractivity contribution >= 4 is 45.1 Å². The van der Waals surface area contributed by atoms with Gasteiger partial charge in [-0.05, 0) is 55.5 Å². The minimum atomic E-state index is -1.03. The molecular formula is C20H20N2O5S. The van der Waals surface area contributed by atoms with Gasteiger partial charge in [0.2, 0.25) is 0 Å². The summed E-state index contributed by atoms with van der Waals surface area (Å²) in [6, 6.07) is 5.41. The molecule has 0 aliphatic heterocycles. The number of carbonyl (C=O) groups excluding carboxylic acids is 3. The maximum atomic E-state index is 12.3. The van der Waals surface area contributed by atoms with Crippen LogP contribution in [0, 0.1) is 13.8 Å². The molecule has 0 aliphatic rings. The molecule has 2 heterocycles. The SMILES string of the molecule is Cc1cc2occ(CC(=O)OC(C)C(=O)Nc3sccc3C(N)=O)c2cc1C. The number of nitrogens with one attached hydrogen (secondary N) is 1. The molecule has 0 saturated carbocycles. The summed E-state index contributed by atoms with van der Waals surface area (Å²) in [5.41, 5.74) is 9.07. The Labute approximate surface area is 165 Å². The summed E-state index contributed by atoms with van der Waals surface area (Å²) in [7, 11) is 0. The molecule has 28 heavy (non-hydrogen) atoms. The van der Waals surface area contributed by atoms with E-state index in [0.29, 0.717) is 16.1 Å². The van der Waals surface area contributed by atoms with Crippen LogP contribution in [0.3, 0.4) is 0 Å². The molecule has 0 spiro atoms. The number of aryl methyl sites for hydroxylation is 2. The van der Waals surface area contributed by atoms with Crippen LogP contribution in [0.5, 0.6) is 0 Å². The van der Waals surface area contributed by atoms with Gasteiger partial charge in [0.25, 0.3) is 11.8 Å². The number of anilines is 1. The van der Waals surface area contributed by atoms with E-state index in [2.05, 4.69) is 5.32 Å². The lowest BCUT2D eigenvalue weighted by Gasteiger charge is -2.13. The first-order chi connectivity index (χ1) is 13.3. The van der Waals surface area contributed by atoms with E-state index < -0.39 is 23.9 Å². The zero-order valence-corrected chi connectivity index (χ0v) is 16.5. The van der Waals surface area contributed by atoms with Crippen LogP contribution in [0.1, 0.15) is 34.0 Å². The van der Waals surface area contributed by atoms with Gasteiger partial charge in [-0.1, -0.05) is 0 Å². The van der Waals surface area contributed by atoms with Crippen molar-refractivity contribution in [2.24, 2.45) is 5.73 Å². The van der Waals surface area contributed by atoms with Crippen molar-refractivity contribution in [3.05, 3.63) is 52.1 Å². The first-order valence-electron chi connectivity index (χ1n) is 8.61. The first-order valence-corrected chi connectivity index (χ1v) is 9.49. The fraction of sp³-hybridized carbons (Fsp3) is 0.250. The Morgan fingerprint density at radius 2 is 1.96 bits per heavy atom. The summed E-state index contributed by atoms with van der Waals surface area (Å²) < 4.78 is 10.7. The highest BCUT2D eigenvalue weighted by Gasteiger charge is 2.21. The Morgan fingerprint density at radius 1 is 1.25 bits per heavy atom. The standard InChI is InChI=1S/C20H20N2O5S/c1-10-6-15-13(9-26-16(15)7-11(10)2)8-17(23)27-12(3)19(25)22-20-14(18(21)24)4-5-28-20/h4-7,9,12H,8H2,1-3H3,(H2,21,24)(H,22,25). The van der Waals surface area contributed by atoms with E-state index in [-0.39, 0.29) is 12.0 Å². The van der Waals surface area contributed by atoms with Gasteiger partial charge in [-0.15, -0.1) is 11.3 Å². The molecule has 0 fully saturated rings. The quantitative estimate of drug-likeness (QED) is 0.617. The number of primary amides is 1. The number of hydrogen-bond acceptors (Lipinski definition) is 6. The highest BCUT2D eigenvalue weighted by Crippen LogP contribution is 2.26. The summed E-state index contributed by atoms with van der Waals surface area (Å²) in [6.07, 6.45) is 0.483. The van der Waals surface area contributed by atoms with E-state index in [1.807, 2.05) is 26.0 Å².